The summed E-state index contributed by atoms with van der Waals surface area (Å²) in [4.78, 5) is 14.7. The van der Waals surface area contributed by atoms with Gasteiger partial charge in [0.05, 0.1) is 12.2 Å². The van der Waals surface area contributed by atoms with Crippen LogP contribution >= 0.6 is 0 Å². The zero-order valence-electron chi connectivity index (χ0n) is 13.6. The van der Waals surface area contributed by atoms with Crippen molar-refractivity contribution in [1.29, 1.82) is 0 Å². The highest BCUT2D eigenvalue weighted by molar-refractivity contribution is 7.84. The third-order valence-corrected chi connectivity index (χ3v) is 6.42. The molecule has 1 N–H and O–H groups in total. The van der Waals surface area contributed by atoms with E-state index in [1.165, 1.54) is 25.7 Å². The van der Waals surface area contributed by atoms with Crippen molar-refractivity contribution in [2.75, 3.05) is 12.8 Å². The van der Waals surface area contributed by atoms with Crippen molar-refractivity contribution in [2.24, 2.45) is 5.92 Å². The van der Waals surface area contributed by atoms with Crippen molar-refractivity contribution in [3.05, 3.63) is 0 Å². The van der Waals surface area contributed by atoms with E-state index in [-0.39, 0.29) is 23.4 Å². The fourth-order valence-corrected chi connectivity index (χ4v) is 4.04. The predicted molar refractivity (Wildman–Crippen MR) is 87.4 cm³/mol. The number of hydrogen-bond donors (Lipinski definition) is 1. The summed E-state index contributed by atoms with van der Waals surface area (Å²) < 4.78 is 11.5. The lowest BCUT2D eigenvalue weighted by molar-refractivity contribution is -0.130. The number of carbonyl (C=O) groups excluding carboxylic acids is 1. The van der Waals surface area contributed by atoms with Gasteiger partial charge in [-0.15, -0.1) is 0 Å². The summed E-state index contributed by atoms with van der Waals surface area (Å²) in [5.74, 6) is 0.876. The van der Waals surface area contributed by atoms with E-state index in [2.05, 4.69) is 17.1 Å². The Hall–Kier alpha value is -0.420. The van der Waals surface area contributed by atoms with Gasteiger partial charge in [0.1, 0.15) is 0 Å². The van der Waals surface area contributed by atoms with Crippen LogP contribution in [0.15, 0.2) is 0 Å². The Morgan fingerprint density at radius 3 is 2.62 bits per heavy atom. The standard InChI is InChI=1S/C16H30N2O2S/c1-4-7-14-16(19)18(11-10-12(2)21(3)20)15(17-14)13-8-5-6-9-13/h12-15,17H,4-11H2,1-3H3. The molecule has 4 atom stereocenters. The SMILES string of the molecule is CCCC1NC(C2CCCC2)N(CCC(C)S(C)=O)C1=O. The molecule has 122 valence electrons. The van der Waals surface area contributed by atoms with Gasteiger partial charge in [-0.1, -0.05) is 33.1 Å². The number of rotatable bonds is 7. The van der Waals surface area contributed by atoms with Gasteiger partial charge in [-0.05, 0) is 31.6 Å². The number of carbonyl (C=O) groups is 1. The number of hydrogen-bond acceptors (Lipinski definition) is 3. The van der Waals surface area contributed by atoms with Crippen molar-refractivity contribution in [2.45, 2.75) is 76.3 Å². The van der Waals surface area contributed by atoms with Crippen LogP contribution in [0.4, 0.5) is 0 Å². The van der Waals surface area contributed by atoms with Gasteiger partial charge >= 0.3 is 0 Å². The van der Waals surface area contributed by atoms with Crippen LogP contribution in [0.25, 0.3) is 0 Å². The normalized spacial score (nSPS) is 30.0. The van der Waals surface area contributed by atoms with Gasteiger partial charge in [0.2, 0.25) is 5.91 Å². The molecule has 1 aliphatic heterocycles. The maximum Gasteiger partial charge on any atom is 0.241 e. The molecule has 2 aliphatic rings. The zero-order valence-corrected chi connectivity index (χ0v) is 14.5. The summed E-state index contributed by atoms with van der Waals surface area (Å²) in [5.41, 5.74) is 0. The first-order valence-electron chi connectivity index (χ1n) is 8.43. The van der Waals surface area contributed by atoms with E-state index in [4.69, 9.17) is 0 Å². The monoisotopic (exact) mass is 314 g/mol. The summed E-state index contributed by atoms with van der Waals surface area (Å²) in [6, 6.07) is 0.00281. The molecule has 0 aromatic rings. The summed E-state index contributed by atoms with van der Waals surface area (Å²) in [6.45, 7) is 4.89. The first-order chi connectivity index (χ1) is 10.0. The van der Waals surface area contributed by atoms with E-state index in [0.717, 1.165) is 25.8 Å². The molecule has 0 radical (unpaired) electrons. The highest BCUT2D eigenvalue weighted by Gasteiger charge is 2.42. The van der Waals surface area contributed by atoms with Crippen LogP contribution in [0.3, 0.4) is 0 Å². The number of nitrogens with one attached hydrogen (secondary N) is 1. The Labute approximate surface area is 131 Å². The fourth-order valence-electron chi connectivity index (χ4n) is 3.60. The molecule has 1 amide bonds. The Bertz CT molecular complexity index is 382. The predicted octanol–water partition coefficient (Wildman–Crippen LogP) is 2.26. The molecule has 1 saturated carbocycles. The van der Waals surface area contributed by atoms with Crippen LogP contribution in [-0.2, 0) is 15.6 Å². The number of nitrogens with zero attached hydrogens (tertiary/aromatic N) is 1. The maximum absolute atomic E-state index is 12.6. The smallest absolute Gasteiger partial charge is 0.241 e. The van der Waals surface area contributed by atoms with Crippen LogP contribution in [0, 0.1) is 5.92 Å². The molecule has 2 fully saturated rings. The Balaban J connectivity index is 2.01. The van der Waals surface area contributed by atoms with E-state index in [0.29, 0.717) is 5.92 Å². The summed E-state index contributed by atoms with van der Waals surface area (Å²) in [7, 11) is -0.805. The fraction of sp³-hybridized carbons (Fsp3) is 0.938. The Morgan fingerprint density at radius 1 is 1.38 bits per heavy atom. The van der Waals surface area contributed by atoms with Gasteiger partial charge in [-0.2, -0.15) is 0 Å². The van der Waals surface area contributed by atoms with Gasteiger partial charge in [0, 0.05) is 28.9 Å². The van der Waals surface area contributed by atoms with E-state index in [9.17, 15) is 9.00 Å². The minimum atomic E-state index is -0.805. The van der Waals surface area contributed by atoms with Crippen molar-refractivity contribution in [3.8, 4) is 0 Å². The van der Waals surface area contributed by atoms with Crippen molar-refractivity contribution < 1.29 is 9.00 Å². The summed E-state index contributed by atoms with van der Waals surface area (Å²) >= 11 is 0. The van der Waals surface area contributed by atoms with Crippen LogP contribution in [0.2, 0.25) is 0 Å². The van der Waals surface area contributed by atoms with Gasteiger partial charge in [0.25, 0.3) is 0 Å². The molecule has 1 saturated heterocycles. The first-order valence-corrected chi connectivity index (χ1v) is 10.1. The van der Waals surface area contributed by atoms with Gasteiger partial charge in [-0.25, -0.2) is 0 Å². The second-order valence-corrected chi connectivity index (χ2v) is 8.43. The van der Waals surface area contributed by atoms with Crippen LogP contribution < -0.4 is 5.32 Å². The largest absolute Gasteiger partial charge is 0.325 e. The van der Waals surface area contributed by atoms with Crippen molar-refractivity contribution in [3.63, 3.8) is 0 Å². The molecule has 1 aliphatic carbocycles. The van der Waals surface area contributed by atoms with Crippen molar-refractivity contribution >= 4 is 16.7 Å². The highest BCUT2D eigenvalue weighted by Crippen LogP contribution is 2.32. The third-order valence-electron chi connectivity index (χ3n) is 5.06. The molecule has 4 nitrogen and oxygen atoms in total. The van der Waals surface area contributed by atoms with E-state index < -0.39 is 10.8 Å². The lowest BCUT2D eigenvalue weighted by Crippen LogP contribution is -2.43. The minimum Gasteiger partial charge on any atom is -0.325 e. The average Bonchev–Trinajstić information content (AvgIpc) is 3.06. The molecule has 1 heterocycles. The minimum absolute atomic E-state index is 0.00281. The topological polar surface area (TPSA) is 49.4 Å². The van der Waals surface area contributed by atoms with Gasteiger partial charge in [0.15, 0.2) is 0 Å². The summed E-state index contributed by atoms with van der Waals surface area (Å²) in [5, 5.41) is 3.75. The summed E-state index contributed by atoms with van der Waals surface area (Å²) in [6.07, 6.45) is 9.80. The van der Waals surface area contributed by atoms with Crippen LogP contribution in [-0.4, -0.2) is 45.3 Å². The molecular weight excluding hydrogens is 284 g/mol. The van der Waals surface area contributed by atoms with E-state index in [1.54, 1.807) is 6.26 Å². The average molecular weight is 314 g/mol. The lowest BCUT2D eigenvalue weighted by atomic mass is 10.0. The third kappa shape index (κ3) is 4.07. The second kappa shape index (κ2) is 7.73. The van der Waals surface area contributed by atoms with Crippen LogP contribution in [0.1, 0.15) is 58.8 Å². The lowest BCUT2D eigenvalue weighted by Gasteiger charge is -2.29. The van der Waals surface area contributed by atoms with E-state index in [1.807, 2.05) is 6.92 Å². The van der Waals surface area contributed by atoms with E-state index >= 15 is 0 Å². The first kappa shape index (κ1) is 16.9. The van der Waals surface area contributed by atoms with Crippen LogP contribution in [0.5, 0.6) is 0 Å². The maximum atomic E-state index is 12.6. The molecular formula is C16H30N2O2S. The molecule has 2 rings (SSSR count). The van der Waals surface area contributed by atoms with Gasteiger partial charge < -0.3 is 4.90 Å². The molecule has 0 aromatic heterocycles. The quantitative estimate of drug-likeness (QED) is 0.784. The Morgan fingerprint density at radius 2 is 2.05 bits per heavy atom. The highest BCUT2D eigenvalue weighted by atomic mass is 32.2. The number of amides is 1. The molecule has 21 heavy (non-hydrogen) atoms. The molecule has 0 bridgehead atoms. The molecule has 0 spiro atoms. The Kier molecular flexibility index (Phi) is 6.23. The molecule has 0 aromatic carbocycles. The van der Waals surface area contributed by atoms with Gasteiger partial charge in [-0.3, -0.25) is 14.3 Å². The second-order valence-electron chi connectivity index (χ2n) is 6.63. The van der Waals surface area contributed by atoms with Crippen molar-refractivity contribution in [1.82, 2.24) is 10.2 Å². The zero-order chi connectivity index (χ0) is 15.4. The molecule has 5 heteroatoms. The molecule has 4 unspecified atom stereocenters.